The van der Waals surface area contributed by atoms with Crippen molar-refractivity contribution in [3.63, 3.8) is 0 Å². The van der Waals surface area contributed by atoms with Gasteiger partial charge in [0.1, 0.15) is 0 Å². The highest BCUT2D eigenvalue weighted by Crippen LogP contribution is 2.68. The van der Waals surface area contributed by atoms with E-state index in [0.29, 0.717) is 0 Å². The molecule has 0 bridgehead atoms. The Hall–Kier alpha value is -2.00. The Balaban J connectivity index is 1.80. The van der Waals surface area contributed by atoms with Crippen LogP contribution in [0.1, 0.15) is 46.0 Å². The number of nitrogens with zero attached hydrogens (tertiary/aromatic N) is 2. The summed E-state index contributed by atoms with van der Waals surface area (Å²) in [6.45, 7) is 9.00. The minimum atomic E-state index is -0.698. The molecule has 182 valence electrons. The molecule has 0 heterocycles. The Morgan fingerprint density at radius 2 is 1.74 bits per heavy atom. The van der Waals surface area contributed by atoms with E-state index in [4.69, 9.17) is 0 Å². The first-order valence-corrected chi connectivity index (χ1v) is 15.7. The molecule has 2 atom stereocenters. The summed E-state index contributed by atoms with van der Waals surface area (Å²) in [5.74, 6) is 0. The van der Waals surface area contributed by atoms with E-state index in [-0.39, 0.29) is 0 Å². The van der Waals surface area contributed by atoms with Crippen LogP contribution >= 0.6 is 16.1 Å². The highest BCUT2D eigenvalue weighted by atomic mass is 31.2. The molecule has 0 saturated carbocycles. The quantitative estimate of drug-likeness (QED) is 0.210. The second kappa shape index (κ2) is 13.9. The molecule has 35 heavy (non-hydrogen) atoms. The molecule has 1 aromatic rings. The Morgan fingerprint density at radius 1 is 0.886 bits per heavy atom. The van der Waals surface area contributed by atoms with Gasteiger partial charge in [-0.3, -0.25) is 0 Å². The monoisotopic (exact) mass is 500 g/mol. The normalized spacial score (nSPS) is 18.6. The molecule has 3 aliphatic carbocycles. The third-order valence-corrected chi connectivity index (χ3v) is 12.2. The molecule has 1 aromatic carbocycles. The first-order chi connectivity index (χ1) is 17.3. The van der Waals surface area contributed by atoms with Crippen molar-refractivity contribution in [2.24, 2.45) is 0 Å². The van der Waals surface area contributed by atoms with Gasteiger partial charge in [-0.05, 0) is 79.8 Å². The number of allylic oxidation sites excluding steroid dienone is 12. The predicted molar refractivity (Wildman–Crippen MR) is 156 cm³/mol. The molecule has 0 aromatic heterocycles. The maximum atomic E-state index is 3.53. The molecule has 0 aliphatic heterocycles. The summed E-state index contributed by atoms with van der Waals surface area (Å²) in [6, 6.07) is 11.3. The van der Waals surface area contributed by atoms with Gasteiger partial charge in [0.2, 0.25) is 0 Å². The average molecular weight is 501 g/mol. The van der Waals surface area contributed by atoms with Gasteiger partial charge in [-0.15, -0.1) is 0 Å². The van der Waals surface area contributed by atoms with Crippen molar-refractivity contribution < 1.29 is 0 Å². The fraction of sp³-hybridized carbons (Fsp3) is 0.355. The lowest BCUT2D eigenvalue weighted by Gasteiger charge is -2.41. The molecule has 0 N–H and O–H groups in total. The van der Waals surface area contributed by atoms with Gasteiger partial charge in [0.05, 0.1) is 0 Å². The highest BCUT2D eigenvalue weighted by molar-refractivity contribution is 7.80. The third kappa shape index (κ3) is 7.03. The number of rotatable bonds is 12. The predicted octanol–water partition coefficient (Wildman–Crippen LogP) is 8.37. The summed E-state index contributed by atoms with van der Waals surface area (Å²) in [5.41, 5.74) is 6.80. The summed E-state index contributed by atoms with van der Waals surface area (Å²) >= 11 is 0. The van der Waals surface area contributed by atoms with Crippen molar-refractivity contribution in [1.29, 1.82) is 0 Å². The molecule has 2 unspecified atom stereocenters. The Morgan fingerprint density at radius 3 is 2.40 bits per heavy atom. The fourth-order valence-corrected chi connectivity index (χ4v) is 11.0. The van der Waals surface area contributed by atoms with Crippen LogP contribution in [0.25, 0.3) is 0 Å². The second-order valence-corrected chi connectivity index (χ2v) is 13.5. The highest BCUT2D eigenvalue weighted by Gasteiger charge is 2.34. The van der Waals surface area contributed by atoms with Gasteiger partial charge in [0, 0.05) is 28.0 Å². The Labute approximate surface area is 215 Å². The van der Waals surface area contributed by atoms with Gasteiger partial charge in [0.25, 0.3) is 0 Å². The van der Waals surface area contributed by atoms with E-state index in [9.17, 15) is 0 Å². The molecule has 4 heteroatoms. The van der Waals surface area contributed by atoms with Crippen molar-refractivity contribution in [2.75, 3.05) is 26.2 Å². The van der Waals surface area contributed by atoms with E-state index in [1.165, 1.54) is 22.4 Å². The molecule has 0 saturated heterocycles. The topological polar surface area (TPSA) is 6.48 Å². The van der Waals surface area contributed by atoms with Gasteiger partial charge in [0.15, 0.2) is 0 Å². The number of benzene rings is 1. The minimum Gasteiger partial charge on any atom is -0.304 e. The molecule has 4 rings (SSSR count). The largest absolute Gasteiger partial charge is 0.304 e. The van der Waals surface area contributed by atoms with Crippen LogP contribution in [-0.4, -0.2) is 35.5 Å². The van der Waals surface area contributed by atoms with Gasteiger partial charge >= 0.3 is 0 Å². The van der Waals surface area contributed by atoms with Crippen LogP contribution in [0.4, 0.5) is 0 Å². The van der Waals surface area contributed by atoms with E-state index in [1.807, 2.05) is 6.08 Å². The zero-order chi connectivity index (χ0) is 24.3. The minimum absolute atomic E-state index is 0.620. The van der Waals surface area contributed by atoms with Crippen molar-refractivity contribution in [1.82, 2.24) is 9.34 Å². The van der Waals surface area contributed by atoms with Crippen molar-refractivity contribution >= 4 is 21.4 Å². The molecular weight excluding hydrogens is 462 g/mol. The van der Waals surface area contributed by atoms with Crippen LogP contribution in [0.15, 0.2) is 112 Å². The Kier molecular flexibility index (Phi) is 10.4. The van der Waals surface area contributed by atoms with Crippen LogP contribution in [0.3, 0.4) is 0 Å². The number of hydrogen-bond donors (Lipinski definition) is 0. The maximum Gasteiger partial charge on any atom is 0.0456 e. The van der Waals surface area contributed by atoms with E-state index in [2.05, 4.69) is 114 Å². The van der Waals surface area contributed by atoms with Crippen molar-refractivity contribution in [3.8, 4) is 0 Å². The van der Waals surface area contributed by atoms with Crippen LogP contribution in [0.2, 0.25) is 0 Å². The summed E-state index contributed by atoms with van der Waals surface area (Å²) in [7, 11) is -1.32. The van der Waals surface area contributed by atoms with Gasteiger partial charge in [-0.25, -0.2) is 4.44 Å². The molecule has 3 aliphatic rings. The lowest BCUT2D eigenvalue weighted by Crippen LogP contribution is -2.28. The zero-order valence-electron chi connectivity index (χ0n) is 21.2. The third-order valence-electron chi connectivity index (χ3n) is 6.54. The summed E-state index contributed by atoms with van der Waals surface area (Å²) in [5, 5.41) is 5.81. The zero-order valence-corrected chi connectivity index (χ0v) is 23.0. The van der Waals surface area contributed by atoms with Crippen LogP contribution < -0.4 is 5.30 Å². The lowest BCUT2D eigenvalue weighted by molar-refractivity contribution is 0.296. The average Bonchev–Trinajstić information content (AvgIpc) is 2.93. The van der Waals surface area contributed by atoms with Gasteiger partial charge < -0.3 is 4.90 Å². The van der Waals surface area contributed by atoms with Crippen LogP contribution in [0, 0.1) is 0 Å². The second-order valence-electron chi connectivity index (χ2n) is 8.85. The molecule has 0 fully saturated rings. The van der Waals surface area contributed by atoms with Crippen molar-refractivity contribution in [2.45, 2.75) is 46.0 Å². The summed E-state index contributed by atoms with van der Waals surface area (Å²) < 4.78 is 2.88. The first-order valence-electron chi connectivity index (χ1n) is 13.1. The Bertz CT molecular complexity index is 1090. The molecule has 2 nitrogen and oxygen atoms in total. The fourth-order valence-electron chi connectivity index (χ4n) is 4.67. The summed E-state index contributed by atoms with van der Waals surface area (Å²) in [6.07, 6.45) is 26.3. The van der Waals surface area contributed by atoms with Crippen molar-refractivity contribution in [3.05, 3.63) is 112 Å². The van der Waals surface area contributed by atoms with Gasteiger partial charge in [-0.1, -0.05) is 98.2 Å². The van der Waals surface area contributed by atoms with Gasteiger partial charge in [-0.2, -0.15) is 0 Å². The van der Waals surface area contributed by atoms with E-state index in [0.717, 1.165) is 51.9 Å². The lowest BCUT2D eigenvalue weighted by atomic mass is 10.2. The SMILES string of the molecule is CCN(CC)CCCN(P(C1=C=C=CC=C1)C1=CCCC=C1)P(C1=CC=CCC1)c1ccccc1. The van der Waals surface area contributed by atoms with Crippen LogP contribution in [0.5, 0.6) is 0 Å². The maximum absolute atomic E-state index is 3.53. The van der Waals surface area contributed by atoms with E-state index >= 15 is 0 Å². The molecule has 0 radical (unpaired) electrons. The first kappa shape index (κ1) is 26.1. The standard InChI is InChI=1S/C31H38N2P2/c1-3-32(4-2)26-17-27-33(34(28-18-9-5-10-19-28)29-20-11-6-12-21-29)35(30-22-13-7-14-23-30)31-24-15-8-16-25-31/h5-7,9-11,13,15,18-20,22,24-25H,3-4,8,12,16-17,21,26-27H2,1-2H3. The molecule has 0 amide bonds. The van der Waals surface area contributed by atoms with E-state index < -0.39 is 16.1 Å². The summed E-state index contributed by atoms with van der Waals surface area (Å²) in [4.78, 5) is 2.55. The molecule has 0 spiro atoms. The van der Waals surface area contributed by atoms with Crippen LogP contribution in [-0.2, 0) is 0 Å². The smallest absolute Gasteiger partial charge is 0.0456 e. The van der Waals surface area contributed by atoms with E-state index in [1.54, 1.807) is 5.31 Å². The molecular formula is C31H38N2P2. The number of hydrogen-bond acceptors (Lipinski definition) is 2.